The Kier molecular flexibility index (Phi) is 8.07. The first-order valence-corrected chi connectivity index (χ1v) is 8.97. The fourth-order valence-electron chi connectivity index (χ4n) is 3.15. The Balaban J connectivity index is 0.00000200. The number of amides is 1. The molecule has 118 valence electrons. The monoisotopic (exact) mass is 322 g/mol. The quantitative estimate of drug-likeness (QED) is 0.826. The van der Waals surface area contributed by atoms with Crippen LogP contribution in [0.1, 0.15) is 45.4 Å². The summed E-state index contributed by atoms with van der Waals surface area (Å²) in [6.07, 6.45) is 5.99. The highest BCUT2D eigenvalue weighted by Crippen LogP contribution is 2.23. The van der Waals surface area contributed by atoms with Crippen molar-refractivity contribution in [2.24, 2.45) is 5.92 Å². The summed E-state index contributed by atoms with van der Waals surface area (Å²) in [6.45, 7) is 3.88. The molecule has 2 N–H and O–H groups in total. The van der Waals surface area contributed by atoms with Crippen molar-refractivity contribution in [1.82, 2.24) is 10.6 Å². The molecule has 0 aromatic heterocycles. The van der Waals surface area contributed by atoms with E-state index in [1.54, 1.807) is 0 Å². The molecule has 1 amide bonds. The van der Waals surface area contributed by atoms with Crippen LogP contribution in [0.25, 0.3) is 0 Å². The van der Waals surface area contributed by atoms with Crippen LogP contribution in [0.3, 0.4) is 0 Å². The lowest BCUT2D eigenvalue weighted by Crippen LogP contribution is -2.45. The van der Waals surface area contributed by atoms with Gasteiger partial charge in [0.2, 0.25) is 5.91 Å². The van der Waals surface area contributed by atoms with Crippen LogP contribution in [0.4, 0.5) is 0 Å². The number of hydrogen-bond donors (Lipinski definition) is 2. The van der Waals surface area contributed by atoms with Gasteiger partial charge in [-0.1, -0.05) is 13.3 Å². The van der Waals surface area contributed by atoms with Gasteiger partial charge in [-0.15, -0.1) is 12.4 Å². The second-order valence-corrected chi connectivity index (χ2v) is 7.69. The molecule has 2 fully saturated rings. The van der Waals surface area contributed by atoms with E-state index in [-0.39, 0.29) is 35.5 Å². The van der Waals surface area contributed by atoms with Gasteiger partial charge in [-0.05, 0) is 45.2 Å². The molecule has 4 nitrogen and oxygen atoms in total. The third kappa shape index (κ3) is 5.01. The Hall–Kier alpha value is -0.130. The lowest BCUT2D eigenvalue weighted by atomic mass is 9.92. The first-order chi connectivity index (χ1) is 9.20. The van der Waals surface area contributed by atoms with Crippen molar-refractivity contribution in [2.45, 2.75) is 56.7 Å². The summed E-state index contributed by atoms with van der Waals surface area (Å²) in [5.41, 5.74) is 0. The molecule has 1 aliphatic heterocycles. The molecular weight excluding hydrogens is 296 g/mol. The van der Waals surface area contributed by atoms with E-state index in [1.165, 1.54) is 0 Å². The summed E-state index contributed by atoms with van der Waals surface area (Å²) >= 11 is 0. The predicted octanol–water partition coefficient (Wildman–Crippen LogP) is 1.60. The van der Waals surface area contributed by atoms with Crippen LogP contribution >= 0.6 is 12.4 Å². The number of carbonyl (C=O) groups excluding carboxylic acids is 1. The Labute approximate surface area is 130 Å². The van der Waals surface area contributed by atoms with Gasteiger partial charge in [0, 0.05) is 33.8 Å². The summed E-state index contributed by atoms with van der Waals surface area (Å²) in [5, 5.41) is 6.77. The minimum atomic E-state index is -0.715. The molecule has 6 heteroatoms. The van der Waals surface area contributed by atoms with Gasteiger partial charge in [0.15, 0.2) is 0 Å². The van der Waals surface area contributed by atoms with E-state index in [0.29, 0.717) is 0 Å². The van der Waals surface area contributed by atoms with Gasteiger partial charge >= 0.3 is 0 Å². The topological polar surface area (TPSA) is 58.2 Å². The zero-order chi connectivity index (χ0) is 13.7. The van der Waals surface area contributed by atoms with Crippen LogP contribution in [0, 0.1) is 5.92 Å². The van der Waals surface area contributed by atoms with Gasteiger partial charge in [-0.2, -0.15) is 0 Å². The molecule has 3 unspecified atom stereocenters. The van der Waals surface area contributed by atoms with Gasteiger partial charge in [-0.3, -0.25) is 9.00 Å². The molecule has 1 saturated heterocycles. The number of piperidine rings is 1. The van der Waals surface area contributed by atoms with Crippen LogP contribution in [-0.2, 0) is 15.6 Å². The lowest BCUT2D eigenvalue weighted by Gasteiger charge is -2.31. The van der Waals surface area contributed by atoms with Crippen LogP contribution in [-0.4, -0.2) is 40.3 Å². The van der Waals surface area contributed by atoms with Gasteiger partial charge in [0.05, 0.1) is 0 Å². The molecule has 1 aliphatic carbocycles. The maximum Gasteiger partial charge on any atom is 0.223 e. The predicted molar refractivity (Wildman–Crippen MR) is 85.7 cm³/mol. The van der Waals surface area contributed by atoms with Crippen molar-refractivity contribution in [3.8, 4) is 0 Å². The second-order valence-electron chi connectivity index (χ2n) is 5.69. The zero-order valence-corrected chi connectivity index (χ0v) is 13.9. The third-order valence-electron chi connectivity index (χ3n) is 4.34. The summed E-state index contributed by atoms with van der Waals surface area (Å²) < 4.78 is 11.9. The number of hydrogen-bond acceptors (Lipinski definition) is 3. The highest BCUT2D eigenvalue weighted by Gasteiger charge is 2.28. The number of rotatable bonds is 4. The first kappa shape index (κ1) is 17.9. The van der Waals surface area contributed by atoms with Crippen molar-refractivity contribution in [3.05, 3.63) is 0 Å². The molecule has 3 atom stereocenters. The standard InChI is InChI=1S/C14H26N2O2S.ClH/c1-2-19(18)13-5-3-4-12(10-13)16-14(17)11-6-8-15-9-7-11;/h11-13,15H,2-10H2,1H3,(H,16,17);1H. The second kappa shape index (κ2) is 9.00. The van der Waals surface area contributed by atoms with E-state index in [4.69, 9.17) is 0 Å². The fraction of sp³-hybridized carbons (Fsp3) is 0.929. The van der Waals surface area contributed by atoms with Crippen LogP contribution in [0.5, 0.6) is 0 Å². The number of nitrogens with one attached hydrogen (secondary N) is 2. The van der Waals surface area contributed by atoms with Crippen LogP contribution in [0.15, 0.2) is 0 Å². The summed E-state index contributed by atoms with van der Waals surface area (Å²) in [6, 6.07) is 0.247. The van der Waals surface area contributed by atoms with E-state index in [9.17, 15) is 9.00 Å². The molecule has 0 spiro atoms. The Morgan fingerprint density at radius 1 is 1.25 bits per heavy atom. The molecule has 0 aromatic carbocycles. The van der Waals surface area contributed by atoms with E-state index >= 15 is 0 Å². The Morgan fingerprint density at radius 3 is 2.60 bits per heavy atom. The molecular formula is C14H27ClN2O2S. The largest absolute Gasteiger partial charge is 0.353 e. The SMILES string of the molecule is CCS(=O)C1CCCC(NC(=O)C2CCNCC2)C1.Cl. The smallest absolute Gasteiger partial charge is 0.223 e. The molecule has 2 aliphatic rings. The van der Waals surface area contributed by atoms with Gasteiger partial charge in [0.1, 0.15) is 0 Å². The van der Waals surface area contributed by atoms with Crippen LogP contribution < -0.4 is 10.6 Å². The van der Waals surface area contributed by atoms with Gasteiger partial charge in [-0.25, -0.2) is 0 Å². The number of carbonyl (C=O) groups is 1. The van der Waals surface area contributed by atoms with Crippen molar-refractivity contribution in [1.29, 1.82) is 0 Å². The van der Waals surface area contributed by atoms with E-state index in [0.717, 1.165) is 57.4 Å². The average molecular weight is 323 g/mol. The Morgan fingerprint density at radius 2 is 1.95 bits per heavy atom. The van der Waals surface area contributed by atoms with Crippen molar-refractivity contribution < 1.29 is 9.00 Å². The van der Waals surface area contributed by atoms with Crippen LogP contribution in [0.2, 0.25) is 0 Å². The molecule has 0 radical (unpaired) electrons. The maximum atomic E-state index is 12.2. The molecule has 0 aromatic rings. The minimum absolute atomic E-state index is 0. The van der Waals surface area contributed by atoms with E-state index < -0.39 is 10.8 Å². The van der Waals surface area contributed by atoms with Crippen molar-refractivity contribution in [3.63, 3.8) is 0 Å². The first-order valence-electron chi connectivity index (χ1n) is 7.59. The van der Waals surface area contributed by atoms with E-state index in [2.05, 4.69) is 10.6 Å². The average Bonchev–Trinajstić information content (AvgIpc) is 2.47. The highest BCUT2D eigenvalue weighted by molar-refractivity contribution is 7.85. The molecule has 2 rings (SSSR count). The highest BCUT2D eigenvalue weighted by atomic mass is 35.5. The number of halogens is 1. The summed E-state index contributed by atoms with van der Waals surface area (Å²) in [5.74, 6) is 1.13. The van der Waals surface area contributed by atoms with Gasteiger partial charge in [0.25, 0.3) is 0 Å². The van der Waals surface area contributed by atoms with Gasteiger partial charge < -0.3 is 10.6 Å². The zero-order valence-electron chi connectivity index (χ0n) is 12.2. The van der Waals surface area contributed by atoms with E-state index in [1.807, 2.05) is 6.92 Å². The summed E-state index contributed by atoms with van der Waals surface area (Å²) in [7, 11) is -0.715. The normalized spacial score (nSPS) is 29.2. The molecule has 1 heterocycles. The summed E-state index contributed by atoms with van der Waals surface area (Å²) in [4.78, 5) is 12.2. The minimum Gasteiger partial charge on any atom is -0.353 e. The van der Waals surface area contributed by atoms with Crippen molar-refractivity contribution in [2.75, 3.05) is 18.8 Å². The maximum absolute atomic E-state index is 12.2. The third-order valence-corrected chi connectivity index (χ3v) is 6.08. The lowest BCUT2D eigenvalue weighted by molar-refractivity contribution is -0.126. The fourth-order valence-corrected chi connectivity index (χ4v) is 4.50. The molecule has 20 heavy (non-hydrogen) atoms. The Bertz CT molecular complexity index is 335. The molecule has 0 bridgehead atoms. The molecule has 1 saturated carbocycles. The van der Waals surface area contributed by atoms with Crippen molar-refractivity contribution >= 4 is 29.1 Å².